The van der Waals surface area contributed by atoms with Crippen LogP contribution in [-0.2, 0) is 0 Å². The molecule has 1 unspecified atom stereocenters. The SMILES string of the molecule is CC1CNSc2ccc(O)cc2O1. The highest BCUT2D eigenvalue weighted by atomic mass is 32.2. The molecule has 1 aliphatic rings. The number of rotatable bonds is 0. The molecule has 1 aromatic rings. The van der Waals surface area contributed by atoms with Gasteiger partial charge in [-0.15, -0.1) is 0 Å². The lowest BCUT2D eigenvalue weighted by Gasteiger charge is -2.11. The Bertz CT molecular complexity index is 316. The molecule has 0 aliphatic carbocycles. The van der Waals surface area contributed by atoms with E-state index in [-0.39, 0.29) is 11.9 Å². The first-order valence-electron chi connectivity index (χ1n) is 4.15. The Hall–Kier alpha value is -0.870. The third kappa shape index (κ3) is 1.89. The highest BCUT2D eigenvalue weighted by Crippen LogP contribution is 2.33. The Morgan fingerprint density at radius 3 is 3.31 bits per heavy atom. The molecule has 1 atom stereocenters. The number of fused-ring (bicyclic) bond motifs is 1. The van der Waals surface area contributed by atoms with E-state index in [1.807, 2.05) is 13.0 Å². The Labute approximate surface area is 81.2 Å². The zero-order chi connectivity index (χ0) is 9.26. The predicted molar refractivity (Wildman–Crippen MR) is 52.1 cm³/mol. The average Bonchev–Trinajstić information content (AvgIpc) is 2.25. The molecule has 2 N–H and O–H groups in total. The van der Waals surface area contributed by atoms with E-state index < -0.39 is 0 Å². The number of nitrogens with one attached hydrogen (secondary N) is 1. The van der Waals surface area contributed by atoms with Crippen molar-refractivity contribution in [3.8, 4) is 11.5 Å². The summed E-state index contributed by atoms with van der Waals surface area (Å²) in [7, 11) is 0. The standard InChI is InChI=1S/C9H11NO2S/c1-6-5-10-13-9-3-2-7(11)4-8(9)12-6/h2-4,6,10-11H,5H2,1H3. The fourth-order valence-corrected chi connectivity index (χ4v) is 1.99. The molecule has 0 bridgehead atoms. The zero-order valence-electron chi connectivity index (χ0n) is 7.28. The summed E-state index contributed by atoms with van der Waals surface area (Å²) in [5, 5.41) is 9.26. The quantitative estimate of drug-likeness (QED) is 0.622. The molecule has 0 fully saturated rings. The number of phenolic OH excluding ortho intramolecular Hbond substituents is 1. The fourth-order valence-electron chi connectivity index (χ4n) is 1.17. The summed E-state index contributed by atoms with van der Waals surface area (Å²) in [6.07, 6.45) is 0.135. The van der Waals surface area contributed by atoms with Crippen LogP contribution in [0.25, 0.3) is 0 Å². The maximum absolute atomic E-state index is 9.26. The van der Waals surface area contributed by atoms with E-state index >= 15 is 0 Å². The Kier molecular flexibility index (Phi) is 2.33. The van der Waals surface area contributed by atoms with Gasteiger partial charge in [0.15, 0.2) is 0 Å². The molecule has 2 rings (SSSR count). The second-order valence-corrected chi connectivity index (χ2v) is 3.94. The van der Waals surface area contributed by atoms with Crippen molar-refractivity contribution in [2.75, 3.05) is 6.54 Å². The highest BCUT2D eigenvalue weighted by molar-refractivity contribution is 7.97. The summed E-state index contributed by atoms with van der Waals surface area (Å²) >= 11 is 1.54. The van der Waals surface area contributed by atoms with Crippen LogP contribution in [-0.4, -0.2) is 17.8 Å². The normalized spacial score (nSPS) is 21.5. The molecule has 4 heteroatoms. The minimum atomic E-state index is 0.135. The topological polar surface area (TPSA) is 41.5 Å². The van der Waals surface area contributed by atoms with Gasteiger partial charge in [-0.1, -0.05) is 0 Å². The van der Waals surface area contributed by atoms with E-state index in [2.05, 4.69) is 4.72 Å². The van der Waals surface area contributed by atoms with Gasteiger partial charge in [0.25, 0.3) is 0 Å². The molecule has 1 aliphatic heterocycles. The monoisotopic (exact) mass is 197 g/mol. The lowest BCUT2D eigenvalue weighted by molar-refractivity contribution is 0.223. The first-order valence-corrected chi connectivity index (χ1v) is 4.97. The van der Waals surface area contributed by atoms with Crippen LogP contribution in [0.15, 0.2) is 23.1 Å². The molecule has 0 amide bonds. The molecule has 1 aromatic carbocycles. The van der Waals surface area contributed by atoms with Gasteiger partial charge in [-0.25, -0.2) is 0 Å². The van der Waals surface area contributed by atoms with Gasteiger partial charge in [-0.05, 0) is 31.0 Å². The lowest BCUT2D eigenvalue weighted by atomic mass is 10.3. The van der Waals surface area contributed by atoms with Crippen molar-refractivity contribution in [1.82, 2.24) is 4.72 Å². The Balaban J connectivity index is 2.35. The largest absolute Gasteiger partial charge is 0.508 e. The van der Waals surface area contributed by atoms with Gasteiger partial charge in [0.1, 0.15) is 17.6 Å². The number of ether oxygens (including phenoxy) is 1. The molecule has 0 saturated heterocycles. The van der Waals surface area contributed by atoms with Crippen LogP contribution in [0.3, 0.4) is 0 Å². The number of phenols is 1. The minimum Gasteiger partial charge on any atom is -0.508 e. The molecular formula is C9H11NO2S. The molecular weight excluding hydrogens is 186 g/mol. The number of hydrogen-bond acceptors (Lipinski definition) is 4. The van der Waals surface area contributed by atoms with Crippen molar-refractivity contribution in [3.05, 3.63) is 18.2 Å². The van der Waals surface area contributed by atoms with Crippen LogP contribution < -0.4 is 9.46 Å². The first-order chi connectivity index (χ1) is 6.25. The van der Waals surface area contributed by atoms with Gasteiger partial charge < -0.3 is 9.84 Å². The summed E-state index contributed by atoms with van der Waals surface area (Å²) in [6.45, 7) is 2.80. The Morgan fingerprint density at radius 2 is 2.46 bits per heavy atom. The predicted octanol–water partition coefficient (Wildman–Crippen LogP) is 1.77. The number of hydrogen-bond donors (Lipinski definition) is 2. The summed E-state index contributed by atoms with van der Waals surface area (Å²) < 4.78 is 8.78. The van der Waals surface area contributed by atoms with E-state index in [0.717, 1.165) is 17.2 Å². The van der Waals surface area contributed by atoms with Gasteiger partial charge in [0.2, 0.25) is 0 Å². The highest BCUT2D eigenvalue weighted by Gasteiger charge is 2.14. The van der Waals surface area contributed by atoms with Crippen molar-refractivity contribution in [2.24, 2.45) is 0 Å². The third-order valence-electron chi connectivity index (χ3n) is 1.81. The van der Waals surface area contributed by atoms with Crippen LogP contribution in [0.5, 0.6) is 11.5 Å². The second-order valence-electron chi connectivity index (χ2n) is 3.01. The van der Waals surface area contributed by atoms with Crippen molar-refractivity contribution in [1.29, 1.82) is 0 Å². The third-order valence-corrected chi connectivity index (χ3v) is 2.68. The smallest absolute Gasteiger partial charge is 0.138 e. The fraction of sp³-hybridized carbons (Fsp3) is 0.333. The molecule has 13 heavy (non-hydrogen) atoms. The molecule has 0 aromatic heterocycles. The summed E-state index contributed by atoms with van der Waals surface area (Å²) in [6, 6.07) is 5.15. The molecule has 1 heterocycles. The summed E-state index contributed by atoms with van der Waals surface area (Å²) in [5.41, 5.74) is 0. The van der Waals surface area contributed by atoms with Crippen LogP contribution >= 0.6 is 11.9 Å². The van der Waals surface area contributed by atoms with Gasteiger partial charge in [-0.2, -0.15) is 0 Å². The lowest BCUT2D eigenvalue weighted by Crippen LogP contribution is -2.22. The Morgan fingerprint density at radius 1 is 1.62 bits per heavy atom. The van der Waals surface area contributed by atoms with Crippen LogP contribution in [0, 0.1) is 0 Å². The van der Waals surface area contributed by atoms with Crippen molar-refractivity contribution in [2.45, 2.75) is 17.9 Å². The molecule has 3 nitrogen and oxygen atoms in total. The van der Waals surface area contributed by atoms with Crippen molar-refractivity contribution < 1.29 is 9.84 Å². The van der Waals surface area contributed by atoms with Crippen LogP contribution in [0.4, 0.5) is 0 Å². The maximum Gasteiger partial charge on any atom is 0.138 e. The summed E-state index contributed by atoms with van der Waals surface area (Å²) in [4.78, 5) is 1.02. The van der Waals surface area contributed by atoms with E-state index in [1.165, 1.54) is 11.9 Å². The van der Waals surface area contributed by atoms with Gasteiger partial charge >= 0.3 is 0 Å². The second kappa shape index (κ2) is 3.47. The minimum absolute atomic E-state index is 0.135. The average molecular weight is 197 g/mol. The number of aromatic hydroxyl groups is 1. The van der Waals surface area contributed by atoms with E-state index in [4.69, 9.17) is 4.74 Å². The molecule has 70 valence electrons. The van der Waals surface area contributed by atoms with E-state index in [0.29, 0.717) is 0 Å². The van der Waals surface area contributed by atoms with Crippen LogP contribution in [0.2, 0.25) is 0 Å². The van der Waals surface area contributed by atoms with Crippen LogP contribution in [0.1, 0.15) is 6.92 Å². The molecule has 0 radical (unpaired) electrons. The van der Waals surface area contributed by atoms with E-state index in [1.54, 1.807) is 12.1 Å². The van der Waals surface area contributed by atoms with Gasteiger partial charge in [-0.3, -0.25) is 4.72 Å². The zero-order valence-corrected chi connectivity index (χ0v) is 8.10. The van der Waals surface area contributed by atoms with E-state index in [9.17, 15) is 5.11 Å². The van der Waals surface area contributed by atoms with Crippen molar-refractivity contribution in [3.63, 3.8) is 0 Å². The summed E-state index contributed by atoms with van der Waals surface area (Å²) in [5.74, 6) is 0.996. The number of benzene rings is 1. The van der Waals surface area contributed by atoms with Gasteiger partial charge in [0, 0.05) is 12.6 Å². The first kappa shape index (κ1) is 8.72. The molecule has 0 spiro atoms. The molecule has 0 saturated carbocycles. The maximum atomic E-state index is 9.26. The van der Waals surface area contributed by atoms with Gasteiger partial charge in [0.05, 0.1) is 4.90 Å². The van der Waals surface area contributed by atoms with Crippen molar-refractivity contribution >= 4 is 11.9 Å².